The van der Waals surface area contributed by atoms with Gasteiger partial charge in [-0.15, -0.1) is 0 Å². The molecular formula is C19H25N3O3S. The molecule has 2 rings (SSSR count). The summed E-state index contributed by atoms with van der Waals surface area (Å²) in [5.41, 5.74) is 7.61. The van der Waals surface area contributed by atoms with Gasteiger partial charge in [0.25, 0.3) is 5.91 Å². The summed E-state index contributed by atoms with van der Waals surface area (Å²) in [6.07, 6.45) is 0. The van der Waals surface area contributed by atoms with Gasteiger partial charge >= 0.3 is 0 Å². The lowest BCUT2D eigenvalue weighted by Crippen LogP contribution is -2.31. The van der Waals surface area contributed by atoms with Gasteiger partial charge in [-0.1, -0.05) is 38.1 Å². The van der Waals surface area contributed by atoms with Crippen LogP contribution in [0.25, 0.3) is 0 Å². The number of sulfonamides is 1. The van der Waals surface area contributed by atoms with Crippen LogP contribution in [-0.2, 0) is 16.6 Å². The zero-order valence-electron chi connectivity index (χ0n) is 15.3. The minimum atomic E-state index is -3.62. The molecule has 0 radical (unpaired) electrons. The predicted molar refractivity (Wildman–Crippen MR) is 104 cm³/mol. The normalized spacial score (nSPS) is 11.6. The van der Waals surface area contributed by atoms with Crippen LogP contribution in [0.4, 0.5) is 5.69 Å². The number of carbonyl (C=O) groups excluding carboxylic acids is 1. The molecule has 0 fully saturated rings. The Morgan fingerprint density at radius 3 is 2.31 bits per heavy atom. The summed E-state index contributed by atoms with van der Waals surface area (Å²) in [6.45, 7) is 4.63. The third kappa shape index (κ3) is 3.95. The van der Waals surface area contributed by atoms with Crippen LogP contribution in [-0.4, -0.2) is 38.8 Å². The third-order valence-corrected chi connectivity index (χ3v) is 6.35. The molecule has 0 aromatic heterocycles. The summed E-state index contributed by atoms with van der Waals surface area (Å²) in [5, 5.41) is 0. The van der Waals surface area contributed by atoms with Crippen molar-refractivity contribution >= 4 is 21.6 Å². The standard InChI is InChI=1S/C19H25N3O3S/c1-4-22(5-2)26(24,25)17-11-8-10-15(13-17)19(23)21(3)18-12-7-6-9-16(18)14-20/h6-13H,4-5,14,20H2,1-3H3. The highest BCUT2D eigenvalue weighted by Crippen LogP contribution is 2.22. The third-order valence-electron chi connectivity index (χ3n) is 4.30. The second kappa shape index (κ2) is 8.44. The molecule has 0 atom stereocenters. The second-order valence-electron chi connectivity index (χ2n) is 5.81. The van der Waals surface area contributed by atoms with Gasteiger partial charge in [-0.2, -0.15) is 4.31 Å². The molecule has 26 heavy (non-hydrogen) atoms. The van der Waals surface area contributed by atoms with E-state index in [1.807, 2.05) is 24.3 Å². The highest BCUT2D eigenvalue weighted by atomic mass is 32.2. The predicted octanol–water partition coefficient (Wildman–Crippen LogP) is 2.45. The zero-order chi connectivity index (χ0) is 19.3. The van der Waals surface area contributed by atoms with E-state index in [2.05, 4.69) is 0 Å². The highest BCUT2D eigenvalue weighted by molar-refractivity contribution is 7.89. The number of rotatable bonds is 7. The SMILES string of the molecule is CCN(CC)S(=O)(=O)c1cccc(C(=O)N(C)c2ccccc2CN)c1. The lowest BCUT2D eigenvalue weighted by atomic mass is 10.1. The molecule has 0 unspecified atom stereocenters. The topological polar surface area (TPSA) is 83.7 Å². The average molecular weight is 375 g/mol. The maximum Gasteiger partial charge on any atom is 0.258 e. The van der Waals surface area contributed by atoms with Crippen molar-refractivity contribution in [3.8, 4) is 0 Å². The van der Waals surface area contributed by atoms with Gasteiger partial charge in [0, 0.05) is 37.9 Å². The van der Waals surface area contributed by atoms with E-state index in [9.17, 15) is 13.2 Å². The molecule has 0 aliphatic rings. The van der Waals surface area contributed by atoms with Gasteiger partial charge in [0.05, 0.1) is 4.90 Å². The van der Waals surface area contributed by atoms with Crippen molar-refractivity contribution in [2.24, 2.45) is 5.73 Å². The molecular weight excluding hydrogens is 350 g/mol. The number of benzene rings is 2. The van der Waals surface area contributed by atoms with Gasteiger partial charge in [0.2, 0.25) is 10.0 Å². The molecule has 0 heterocycles. The zero-order valence-corrected chi connectivity index (χ0v) is 16.2. The van der Waals surface area contributed by atoms with Crippen LogP contribution in [0.2, 0.25) is 0 Å². The fourth-order valence-electron chi connectivity index (χ4n) is 2.82. The molecule has 0 saturated carbocycles. The maximum absolute atomic E-state index is 12.9. The van der Waals surface area contributed by atoms with Crippen molar-refractivity contribution in [2.75, 3.05) is 25.0 Å². The Balaban J connectivity index is 2.39. The number of carbonyl (C=O) groups is 1. The van der Waals surface area contributed by atoms with E-state index in [1.165, 1.54) is 21.3 Å². The van der Waals surface area contributed by atoms with E-state index in [0.29, 0.717) is 30.9 Å². The molecule has 0 saturated heterocycles. The monoisotopic (exact) mass is 375 g/mol. The first-order valence-electron chi connectivity index (χ1n) is 8.53. The smallest absolute Gasteiger partial charge is 0.258 e. The Hall–Kier alpha value is -2.22. The summed E-state index contributed by atoms with van der Waals surface area (Å²) in [4.78, 5) is 14.5. The van der Waals surface area contributed by atoms with Gasteiger partial charge in [-0.3, -0.25) is 4.79 Å². The first-order valence-corrected chi connectivity index (χ1v) is 9.97. The van der Waals surface area contributed by atoms with Crippen LogP contribution in [0.1, 0.15) is 29.8 Å². The lowest BCUT2D eigenvalue weighted by Gasteiger charge is -2.21. The molecule has 2 N–H and O–H groups in total. The Bertz CT molecular complexity index is 877. The molecule has 140 valence electrons. The number of nitrogens with zero attached hydrogens (tertiary/aromatic N) is 2. The molecule has 2 aromatic carbocycles. The number of hydrogen-bond acceptors (Lipinski definition) is 4. The van der Waals surface area contributed by atoms with Crippen LogP contribution in [0.3, 0.4) is 0 Å². The number of para-hydroxylation sites is 1. The summed E-state index contributed by atoms with van der Waals surface area (Å²) >= 11 is 0. The fraction of sp³-hybridized carbons (Fsp3) is 0.316. The van der Waals surface area contributed by atoms with Crippen molar-refractivity contribution in [2.45, 2.75) is 25.3 Å². The number of anilines is 1. The van der Waals surface area contributed by atoms with Gasteiger partial charge in [-0.05, 0) is 29.8 Å². The summed E-state index contributed by atoms with van der Waals surface area (Å²) in [5.74, 6) is -0.289. The van der Waals surface area contributed by atoms with E-state index in [0.717, 1.165) is 5.56 Å². The van der Waals surface area contributed by atoms with Crippen molar-refractivity contribution in [3.63, 3.8) is 0 Å². The quantitative estimate of drug-likeness (QED) is 0.806. The molecule has 0 aliphatic carbocycles. The van der Waals surface area contributed by atoms with Crippen molar-refractivity contribution in [1.82, 2.24) is 4.31 Å². The minimum absolute atomic E-state index is 0.118. The van der Waals surface area contributed by atoms with Gasteiger partial charge in [0.1, 0.15) is 0 Å². The molecule has 2 aromatic rings. The second-order valence-corrected chi connectivity index (χ2v) is 7.75. The Labute approximate surface area is 155 Å². The van der Waals surface area contributed by atoms with Crippen LogP contribution in [0.5, 0.6) is 0 Å². The summed E-state index contributed by atoms with van der Waals surface area (Å²) in [7, 11) is -1.96. The molecule has 0 spiro atoms. The van der Waals surface area contributed by atoms with E-state index < -0.39 is 10.0 Å². The maximum atomic E-state index is 12.9. The Morgan fingerprint density at radius 1 is 1.04 bits per heavy atom. The average Bonchev–Trinajstić information content (AvgIpc) is 2.67. The van der Waals surface area contributed by atoms with Crippen LogP contribution < -0.4 is 10.6 Å². The van der Waals surface area contributed by atoms with Crippen molar-refractivity contribution in [3.05, 3.63) is 59.7 Å². The Morgan fingerprint density at radius 2 is 1.69 bits per heavy atom. The summed E-state index contributed by atoms with van der Waals surface area (Å²) < 4.78 is 26.8. The van der Waals surface area contributed by atoms with Crippen LogP contribution >= 0.6 is 0 Å². The van der Waals surface area contributed by atoms with Gasteiger partial charge in [-0.25, -0.2) is 8.42 Å². The Kier molecular flexibility index (Phi) is 6.52. The lowest BCUT2D eigenvalue weighted by molar-refractivity contribution is 0.0992. The van der Waals surface area contributed by atoms with Gasteiger partial charge < -0.3 is 10.6 Å². The molecule has 1 amide bonds. The molecule has 0 bridgehead atoms. The molecule has 6 nitrogen and oxygen atoms in total. The molecule has 7 heteroatoms. The summed E-state index contributed by atoms with van der Waals surface area (Å²) in [6, 6.07) is 13.5. The largest absolute Gasteiger partial charge is 0.326 e. The first kappa shape index (κ1) is 20.1. The van der Waals surface area contributed by atoms with Crippen molar-refractivity contribution in [1.29, 1.82) is 0 Å². The highest BCUT2D eigenvalue weighted by Gasteiger charge is 2.23. The number of nitrogens with two attached hydrogens (primary N) is 1. The van der Waals surface area contributed by atoms with Crippen LogP contribution in [0, 0.1) is 0 Å². The van der Waals surface area contributed by atoms with Crippen LogP contribution in [0.15, 0.2) is 53.4 Å². The van der Waals surface area contributed by atoms with Gasteiger partial charge in [0.15, 0.2) is 0 Å². The van der Waals surface area contributed by atoms with Crippen molar-refractivity contribution < 1.29 is 13.2 Å². The van der Waals surface area contributed by atoms with E-state index >= 15 is 0 Å². The molecule has 0 aliphatic heterocycles. The number of amides is 1. The first-order chi connectivity index (χ1) is 12.4. The van der Waals surface area contributed by atoms with E-state index in [1.54, 1.807) is 33.0 Å². The van der Waals surface area contributed by atoms with E-state index in [4.69, 9.17) is 5.73 Å². The number of hydrogen-bond donors (Lipinski definition) is 1. The van der Waals surface area contributed by atoms with E-state index in [-0.39, 0.29) is 10.8 Å². The fourth-order valence-corrected chi connectivity index (χ4v) is 4.32. The minimum Gasteiger partial charge on any atom is -0.326 e.